The molecule has 84 valence electrons. The van der Waals surface area contributed by atoms with Crippen molar-refractivity contribution in [1.82, 2.24) is 0 Å². The standard InChI is InChI=1S/C11H15BrFNO/c1-3-8(7-15-2)14-9-4-5-11(13)10(12)6-9/h4-6,8,14H,3,7H2,1-2H3. The zero-order valence-corrected chi connectivity index (χ0v) is 10.5. The van der Waals surface area contributed by atoms with Crippen LogP contribution in [-0.4, -0.2) is 19.8 Å². The van der Waals surface area contributed by atoms with Crippen LogP contribution in [0.3, 0.4) is 0 Å². The van der Waals surface area contributed by atoms with Gasteiger partial charge in [0.25, 0.3) is 0 Å². The summed E-state index contributed by atoms with van der Waals surface area (Å²) in [6.07, 6.45) is 0.961. The van der Waals surface area contributed by atoms with Crippen LogP contribution in [-0.2, 0) is 4.74 Å². The van der Waals surface area contributed by atoms with Gasteiger partial charge in [-0.1, -0.05) is 6.92 Å². The van der Waals surface area contributed by atoms with E-state index in [1.54, 1.807) is 19.2 Å². The van der Waals surface area contributed by atoms with Gasteiger partial charge in [0.2, 0.25) is 0 Å². The minimum atomic E-state index is -0.250. The lowest BCUT2D eigenvalue weighted by Crippen LogP contribution is -2.23. The van der Waals surface area contributed by atoms with Crippen LogP contribution in [0.4, 0.5) is 10.1 Å². The van der Waals surface area contributed by atoms with Crippen LogP contribution >= 0.6 is 15.9 Å². The maximum absolute atomic E-state index is 13.0. The molecule has 0 radical (unpaired) electrons. The van der Waals surface area contributed by atoms with Gasteiger partial charge in [-0.3, -0.25) is 0 Å². The van der Waals surface area contributed by atoms with E-state index in [0.29, 0.717) is 11.1 Å². The van der Waals surface area contributed by atoms with Gasteiger partial charge in [0, 0.05) is 18.8 Å². The lowest BCUT2D eigenvalue weighted by molar-refractivity contribution is 0.184. The summed E-state index contributed by atoms with van der Waals surface area (Å²) >= 11 is 3.15. The first-order valence-electron chi connectivity index (χ1n) is 4.88. The molecule has 0 amide bonds. The maximum atomic E-state index is 13.0. The molecule has 0 bridgehead atoms. The topological polar surface area (TPSA) is 21.3 Å². The van der Waals surface area contributed by atoms with Crippen LogP contribution in [0.1, 0.15) is 13.3 Å². The number of hydrogen-bond acceptors (Lipinski definition) is 2. The van der Waals surface area contributed by atoms with Gasteiger partial charge in [-0.2, -0.15) is 0 Å². The van der Waals surface area contributed by atoms with Crippen molar-refractivity contribution in [1.29, 1.82) is 0 Å². The second-order valence-corrected chi connectivity index (χ2v) is 4.19. The Morgan fingerprint density at radius 1 is 1.53 bits per heavy atom. The van der Waals surface area contributed by atoms with Crippen molar-refractivity contribution in [2.75, 3.05) is 19.0 Å². The first kappa shape index (κ1) is 12.5. The monoisotopic (exact) mass is 275 g/mol. The highest BCUT2D eigenvalue weighted by atomic mass is 79.9. The fraction of sp³-hybridized carbons (Fsp3) is 0.455. The molecular weight excluding hydrogens is 261 g/mol. The van der Waals surface area contributed by atoms with Crippen molar-refractivity contribution >= 4 is 21.6 Å². The summed E-state index contributed by atoms with van der Waals surface area (Å²) in [6, 6.07) is 5.14. The van der Waals surface area contributed by atoms with Gasteiger partial charge in [0.15, 0.2) is 0 Å². The summed E-state index contributed by atoms with van der Waals surface area (Å²) in [5.41, 5.74) is 0.896. The molecular formula is C11H15BrFNO. The third kappa shape index (κ3) is 3.80. The second-order valence-electron chi connectivity index (χ2n) is 3.33. The summed E-state index contributed by atoms with van der Waals surface area (Å²) in [6.45, 7) is 2.72. The van der Waals surface area contributed by atoms with Crippen molar-refractivity contribution in [3.05, 3.63) is 28.5 Å². The first-order chi connectivity index (χ1) is 7.17. The van der Waals surface area contributed by atoms with Crippen LogP contribution in [0.2, 0.25) is 0 Å². The molecule has 0 saturated carbocycles. The number of rotatable bonds is 5. The number of anilines is 1. The molecule has 1 atom stereocenters. The van der Waals surface area contributed by atoms with Gasteiger partial charge in [-0.15, -0.1) is 0 Å². The van der Waals surface area contributed by atoms with E-state index in [4.69, 9.17) is 4.74 Å². The normalized spacial score (nSPS) is 12.5. The molecule has 0 fully saturated rings. The van der Waals surface area contributed by atoms with Crippen molar-refractivity contribution in [3.8, 4) is 0 Å². The van der Waals surface area contributed by atoms with Crippen molar-refractivity contribution in [3.63, 3.8) is 0 Å². The van der Waals surface area contributed by atoms with Crippen molar-refractivity contribution in [2.24, 2.45) is 0 Å². The Morgan fingerprint density at radius 2 is 2.27 bits per heavy atom. The van der Waals surface area contributed by atoms with E-state index in [1.165, 1.54) is 6.07 Å². The minimum absolute atomic E-state index is 0.250. The number of halogens is 2. The minimum Gasteiger partial charge on any atom is -0.383 e. The molecule has 0 aliphatic heterocycles. The van der Waals surface area contributed by atoms with Crippen molar-refractivity contribution < 1.29 is 9.13 Å². The number of ether oxygens (including phenoxy) is 1. The molecule has 0 heterocycles. The van der Waals surface area contributed by atoms with E-state index in [0.717, 1.165) is 12.1 Å². The molecule has 0 aliphatic rings. The Morgan fingerprint density at radius 3 is 2.80 bits per heavy atom. The Hall–Kier alpha value is -0.610. The van der Waals surface area contributed by atoms with E-state index in [1.807, 2.05) is 0 Å². The van der Waals surface area contributed by atoms with Gasteiger partial charge in [0.05, 0.1) is 11.1 Å². The largest absolute Gasteiger partial charge is 0.383 e. The van der Waals surface area contributed by atoms with E-state index in [9.17, 15) is 4.39 Å². The van der Waals surface area contributed by atoms with Crippen LogP contribution < -0.4 is 5.32 Å². The number of methoxy groups -OCH3 is 1. The summed E-state index contributed by atoms with van der Waals surface area (Å²) < 4.78 is 18.5. The second kappa shape index (κ2) is 6.08. The molecule has 0 aromatic heterocycles. The molecule has 0 saturated heterocycles. The molecule has 1 N–H and O–H groups in total. The highest BCUT2D eigenvalue weighted by Gasteiger charge is 2.06. The van der Waals surface area contributed by atoms with E-state index in [-0.39, 0.29) is 11.9 Å². The fourth-order valence-corrected chi connectivity index (χ4v) is 1.66. The SMILES string of the molecule is CCC(COC)Nc1ccc(F)c(Br)c1. The quantitative estimate of drug-likeness (QED) is 0.889. The smallest absolute Gasteiger partial charge is 0.137 e. The Labute approximate surface area is 98.0 Å². The average molecular weight is 276 g/mol. The van der Waals surface area contributed by atoms with Gasteiger partial charge >= 0.3 is 0 Å². The van der Waals surface area contributed by atoms with Crippen LogP contribution in [0.5, 0.6) is 0 Å². The zero-order chi connectivity index (χ0) is 11.3. The van der Waals surface area contributed by atoms with Crippen LogP contribution in [0.25, 0.3) is 0 Å². The number of nitrogens with one attached hydrogen (secondary N) is 1. The molecule has 2 nitrogen and oxygen atoms in total. The summed E-state index contributed by atoms with van der Waals surface area (Å²) in [4.78, 5) is 0. The number of benzene rings is 1. The van der Waals surface area contributed by atoms with Gasteiger partial charge < -0.3 is 10.1 Å². The van der Waals surface area contributed by atoms with Gasteiger partial charge in [-0.05, 0) is 40.5 Å². The Kier molecular flexibility index (Phi) is 5.05. The predicted molar refractivity (Wildman–Crippen MR) is 63.7 cm³/mol. The Balaban J connectivity index is 2.66. The summed E-state index contributed by atoms with van der Waals surface area (Å²) in [5, 5.41) is 3.28. The predicted octanol–water partition coefficient (Wildman–Crippen LogP) is 3.43. The molecule has 0 aliphatic carbocycles. The summed E-state index contributed by atoms with van der Waals surface area (Å²) in [7, 11) is 1.67. The zero-order valence-electron chi connectivity index (χ0n) is 8.89. The van der Waals surface area contributed by atoms with Gasteiger partial charge in [0.1, 0.15) is 5.82 Å². The highest BCUT2D eigenvalue weighted by Crippen LogP contribution is 2.20. The number of hydrogen-bond donors (Lipinski definition) is 1. The lowest BCUT2D eigenvalue weighted by atomic mass is 10.2. The fourth-order valence-electron chi connectivity index (χ4n) is 1.28. The molecule has 0 spiro atoms. The molecule has 1 unspecified atom stereocenters. The van der Waals surface area contributed by atoms with E-state index >= 15 is 0 Å². The third-order valence-electron chi connectivity index (χ3n) is 2.15. The molecule has 1 rings (SSSR count). The third-order valence-corrected chi connectivity index (χ3v) is 2.76. The lowest BCUT2D eigenvalue weighted by Gasteiger charge is -2.17. The maximum Gasteiger partial charge on any atom is 0.137 e. The van der Waals surface area contributed by atoms with Crippen LogP contribution in [0, 0.1) is 5.82 Å². The van der Waals surface area contributed by atoms with E-state index in [2.05, 4.69) is 28.2 Å². The Bertz CT molecular complexity index is 319. The molecule has 15 heavy (non-hydrogen) atoms. The average Bonchev–Trinajstić information content (AvgIpc) is 2.23. The molecule has 1 aromatic carbocycles. The van der Waals surface area contributed by atoms with Crippen LogP contribution in [0.15, 0.2) is 22.7 Å². The molecule has 1 aromatic rings. The van der Waals surface area contributed by atoms with E-state index < -0.39 is 0 Å². The van der Waals surface area contributed by atoms with Crippen molar-refractivity contribution in [2.45, 2.75) is 19.4 Å². The molecule has 4 heteroatoms. The first-order valence-corrected chi connectivity index (χ1v) is 5.67. The highest BCUT2D eigenvalue weighted by molar-refractivity contribution is 9.10. The van der Waals surface area contributed by atoms with Gasteiger partial charge in [-0.25, -0.2) is 4.39 Å². The summed E-state index contributed by atoms with van der Waals surface area (Å²) in [5.74, 6) is -0.250.